The third-order valence-electron chi connectivity index (χ3n) is 3.16. The van der Waals surface area contributed by atoms with E-state index >= 15 is 0 Å². The van der Waals surface area contributed by atoms with E-state index in [0.717, 1.165) is 23.5 Å². The number of rotatable bonds is 6. The molecule has 1 saturated carbocycles. The molecule has 0 aliphatic heterocycles. The van der Waals surface area contributed by atoms with Gasteiger partial charge in [0.15, 0.2) is 0 Å². The van der Waals surface area contributed by atoms with Crippen molar-refractivity contribution in [2.75, 3.05) is 6.61 Å². The fraction of sp³-hybridized carbons (Fsp3) is 0.500. The van der Waals surface area contributed by atoms with Crippen molar-refractivity contribution in [3.05, 3.63) is 35.4 Å². The average Bonchev–Trinajstić information content (AvgIpc) is 3.14. The fourth-order valence-corrected chi connectivity index (χ4v) is 1.88. The van der Waals surface area contributed by atoms with Gasteiger partial charge in [0.05, 0.1) is 13.0 Å². The molecule has 2 rings (SSSR count). The monoisotopic (exact) mass is 233 g/mol. The Kier molecular flexibility index (Phi) is 4.15. The van der Waals surface area contributed by atoms with Gasteiger partial charge in [-0.25, -0.2) is 0 Å². The molecule has 1 aromatic rings. The molecule has 0 saturated heterocycles. The summed E-state index contributed by atoms with van der Waals surface area (Å²) in [4.78, 5) is 11.6. The van der Waals surface area contributed by atoms with Crippen LogP contribution >= 0.6 is 0 Å². The van der Waals surface area contributed by atoms with Crippen molar-refractivity contribution in [2.45, 2.75) is 32.2 Å². The van der Waals surface area contributed by atoms with Crippen LogP contribution < -0.4 is 5.73 Å². The molecule has 0 radical (unpaired) electrons. The molecule has 1 aliphatic carbocycles. The normalized spacial score (nSPS) is 14.6. The summed E-state index contributed by atoms with van der Waals surface area (Å²) >= 11 is 0. The molecule has 1 fully saturated rings. The minimum Gasteiger partial charge on any atom is -0.465 e. The van der Waals surface area contributed by atoms with Crippen LogP contribution in [0.2, 0.25) is 0 Å². The third-order valence-corrected chi connectivity index (χ3v) is 3.16. The van der Waals surface area contributed by atoms with E-state index in [-0.39, 0.29) is 5.97 Å². The van der Waals surface area contributed by atoms with E-state index in [4.69, 9.17) is 10.5 Å². The second kappa shape index (κ2) is 5.82. The van der Waals surface area contributed by atoms with Crippen LogP contribution in [0.25, 0.3) is 0 Å². The van der Waals surface area contributed by atoms with Gasteiger partial charge in [-0.05, 0) is 23.5 Å². The molecule has 0 spiro atoms. The lowest BCUT2D eigenvalue weighted by atomic mass is 10.1. The van der Waals surface area contributed by atoms with Gasteiger partial charge < -0.3 is 10.5 Å². The molecule has 2 N–H and O–H groups in total. The first-order chi connectivity index (χ1) is 8.29. The van der Waals surface area contributed by atoms with Crippen molar-refractivity contribution in [3.63, 3.8) is 0 Å². The van der Waals surface area contributed by atoms with Gasteiger partial charge in [0, 0.05) is 6.54 Å². The number of carbonyl (C=O) groups excluding carboxylic acids is 1. The van der Waals surface area contributed by atoms with Crippen molar-refractivity contribution in [2.24, 2.45) is 11.7 Å². The SMILES string of the molecule is NCc1ccccc1CC(=O)OCCC1CC1. The molecule has 0 atom stereocenters. The highest BCUT2D eigenvalue weighted by atomic mass is 16.5. The lowest BCUT2D eigenvalue weighted by Gasteiger charge is -2.07. The predicted octanol–water partition coefficient (Wildman–Crippen LogP) is 2.03. The number of hydrogen-bond acceptors (Lipinski definition) is 3. The molecule has 92 valence electrons. The van der Waals surface area contributed by atoms with E-state index in [0.29, 0.717) is 19.6 Å². The van der Waals surface area contributed by atoms with Crippen LogP contribution in [-0.4, -0.2) is 12.6 Å². The maximum atomic E-state index is 11.6. The molecule has 0 amide bonds. The maximum absolute atomic E-state index is 11.6. The molecule has 0 unspecified atom stereocenters. The van der Waals surface area contributed by atoms with Crippen molar-refractivity contribution in [1.29, 1.82) is 0 Å². The van der Waals surface area contributed by atoms with Crippen molar-refractivity contribution in [1.82, 2.24) is 0 Å². The number of hydrogen-bond donors (Lipinski definition) is 1. The van der Waals surface area contributed by atoms with Gasteiger partial charge >= 0.3 is 5.97 Å². The van der Waals surface area contributed by atoms with Crippen LogP contribution in [0.15, 0.2) is 24.3 Å². The highest BCUT2D eigenvalue weighted by Crippen LogP contribution is 2.32. The minimum absolute atomic E-state index is 0.147. The van der Waals surface area contributed by atoms with Crippen LogP contribution in [0.4, 0.5) is 0 Å². The Morgan fingerprint density at radius 2 is 2.00 bits per heavy atom. The highest BCUT2D eigenvalue weighted by Gasteiger charge is 2.21. The lowest BCUT2D eigenvalue weighted by Crippen LogP contribution is -2.12. The van der Waals surface area contributed by atoms with E-state index in [9.17, 15) is 4.79 Å². The molecule has 3 heteroatoms. The summed E-state index contributed by atoms with van der Waals surface area (Å²) in [6.07, 6.45) is 3.95. The summed E-state index contributed by atoms with van der Waals surface area (Å²) in [5.74, 6) is 0.658. The first kappa shape index (κ1) is 12.1. The van der Waals surface area contributed by atoms with Crippen LogP contribution in [0.3, 0.4) is 0 Å². The smallest absolute Gasteiger partial charge is 0.310 e. The van der Waals surface area contributed by atoms with Gasteiger partial charge in [-0.2, -0.15) is 0 Å². The molecule has 1 aromatic carbocycles. The Morgan fingerprint density at radius 1 is 1.29 bits per heavy atom. The topological polar surface area (TPSA) is 52.3 Å². The van der Waals surface area contributed by atoms with Gasteiger partial charge in [0.1, 0.15) is 0 Å². The van der Waals surface area contributed by atoms with Gasteiger partial charge in [-0.3, -0.25) is 4.79 Å². The molecular weight excluding hydrogens is 214 g/mol. The maximum Gasteiger partial charge on any atom is 0.310 e. The molecule has 1 aliphatic rings. The van der Waals surface area contributed by atoms with Crippen LogP contribution in [0.5, 0.6) is 0 Å². The standard InChI is InChI=1S/C14H19NO2/c15-10-13-4-2-1-3-12(13)9-14(16)17-8-7-11-5-6-11/h1-4,11H,5-10,15H2. The zero-order valence-corrected chi connectivity index (χ0v) is 10.0. The van der Waals surface area contributed by atoms with E-state index < -0.39 is 0 Å². The van der Waals surface area contributed by atoms with Crippen LogP contribution in [0.1, 0.15) is 30.4 Å². The van der Waals surface area contributed by atoms with E-state index in [1.165, 1.54) is 12.8 Å². The van der Waals surface area contributed by atoms with Crippen molar-refractivity contribution >= 4 is 5.97 Å². The lowest BCUT2D eigenvalue weighted by molar-refractivity contribution is -0.143. The molecule has 0 heterocycles. The summed E-state index contributed by atoms with van der Waals surface area (Å²) in [6, 6.07) is 7.74. The zero-order valence-electron chi connectivity index (χ0n) is 10.0. The number of carbonyl (C=O) groups is 1. The molecule has 3 nitrogen and oxygen atoms in total. The van der Waals surface area contributed by atoms with E-state index in [1.54, 1.807) is 0 Å². The minimum atomic E-state index is -0.147. The number of benzene rings is 1. The molecule has 0 bridgehead atoms. The Hall–Kier alpha value is -1.35. The quantitative estimate of drug-likeness (QED) is 0.765. The molecular formula is C14H19NO2. The summed E-state index contributed by atoms with van der Waals surface area (Å²) < 4.78 is 5.22. The molecule has 17 heavy (non-hydrogen) atoms. The van der Waals surface area contributed by atoms with Gasteiger partial charge in [0.2, 0.25) is 0 Å². The zero-order chi connectivity index (χ0) is 12.1. The second-order valence-electron chi connectivity index (χ2n) is 4.60. The summed E-state index contributed by atoms with van der Waals surface area (Å²) in [5, 5.41) is 0. The van der Waals surface area contributed by atoms with Gasteiger partial charge in [-0.1, -0.05) is 37.1 Å². The predicted molar refractivity (Wildman–Crippen MR) is 66.3 cm³/mol. The number of nitrogens with two attached hydrogens (primary N) is 1. The first-order valence-electron chi connectivity index (χ1n) is 6.22. The third kappa shape index (κ3) is 3.86. The van der Waals surface area contributed by atoms with Crippen molar-refractivity contribution in [3.8, 4) is 0 Å². The summed E-state index contributed by atoms with van der Waals surface area (Å²) in [7, 11) is 0. The largest absolute Gasteiger partial charge is 0.465 e. The van der Waals surface area contributed by atoms with Crippen molar-refractivity contribution < 1.29 is 9.53 Å². The Bertz CT molecular complexity index is 386. The Balaban J connectivity index is 1.79. The highest BCUT2D eigenvalue weighted by molar-refractivity contribution is 5.73. The van der Waals surface area contributed by atoms with Gasteiger partial charge in [0.25, 0.3) is 0 Å². The van der Waals surface area contributed by atoms with E-state index in [1.807, 2.05) is 24.3 Å². The van der Waals surface area contributed by atoms with Crippen LogP contribution in [-0.2, 0) is 22.5 Å². The van der Waals surface area contributed by atoms with Crippen LogP contribution in [0, 0.1) is 5.92 Å². The Morgan fingerprint density at radius 3 is 2.65 bits per heavy atom. The molecule has 0 aromatic heterocycles. The average molecular weight is 233 g/mol. The van der Waals surface area contributed by atoms with Gasteiger partial charge in [-0.15, -0.1) is 0 Å². The number of ether oxygens (including phenoxy) is 1. The summed E-state index contributed by atoms with van der Waals surface area (Å²) in [5.41, 5.74) is 7.62. The fourth-order valence-electron chi connectivity index (χ4n) is 1.88. The second-order valence-corrected chi connectivity index (χ2v) is 4.60. The van der Waals surface area contributed by atoms with E-state index in [2.05, 4.69) is 0 Å². The number of esters is 1. The Labute approximate surface area is 102 Å². The first-order valence-corrected chi connectivity index (χ1v) is 6.22. The summed E-state index contributed by atoms with van der Waals surface area (Å²) in [6.45, 7) is 1.03.